The molecule has 2 amide bonds. The van der Waals surface area contributed by atoms with Crippen LogP contribution in [-0.4, -0.2) is 60.8 Å². The third-order valence-corrected chi connectivity index (χ3v) is 7.87. The second-order valence-corrected chi connectivity index (χ2v) is 12.0. The van der Waals surface area contributed by atoms with Crippen LogP contribution in [0.5, 0.6) is 5.88 Å². The lowest BCUT2D eigenvalue weighted by Crippen LogP contribution is -2.40. The number of anilines is 1. The van der Waals surface area contributed by atoms with Crippen LogP contribution in [0.25, 0.3) is 22.5 Å². The molecule has 0 fully saturated rings. The zero-order valence-corrected chi connectivity index (χ0v) is 26.5. The molecular formula is C31H32Cl2N6O5. The van der Waals surface area contributed by atoms with Crippen LogP contribution < -0.4 is 10.1 Å². The summed E-state index contributed by atoms with van der Waals surface area (Å²) in [5, 5.41) is 13.0. The second-order valence-electron chi connectivity index (χ2n) is 11.2. The van der Waals surface area contributed by atoms with Gasteiger partial charge in [0.15, 0.2) is 5.82 Å². The Morgan fingerprint density at radius 1 is 1.07 bits per heavy atom. The fraction of sp³-hybridized carbons (Fsp3) is 0.323. The zero-order chi connectivity index (χ0) is 31.8. The molecule has 0 spiro atoms. The molecule has 11 nitrogen and oxygen atoms in total. The Morgan fingerprint density at radius 3 is 2.55 bits per heavy atom. The van der Waals surface area contributed by atoms with Gasteiger partial charge in [0.05, 0.1) is 53.1 Å². The highest BCUT2D eigenvalue weighted by Crippen LogP contribution is 2.40. The fourth-order valence-corrected chi connectivity index (χ4v) is 5.52. The van der Waals surface area contributed by atoms with Gasteiger partial charge in [-0.05, 0) is 45.0 Å². The van der Waals surface area contributed by atoms with Crippen molar-refractivity contribution in [3.63, 3.8) is 0 Å². The largest absolute Gasteiger partial charge is 0.481 e. The number of carbonyl (C=O) groups excluding carboxylic acids is 2. The van der Waals surface area contributed by atoms with Crippen LogP contribution in [0.1, 0.15) is 48.3 Å². The molecule has 13 heteroatoms. The maximum Gasteiger partial charge on any atom is 0.410 e. The Bertz CT molecular complexity index is 1750. The van der Waals surface area contributed by atoms with Crippen LogP contribution in [-0.2, 0) is 31.4 Å². The number of imidazole rings is 1. The number of methoxy groups -OCH3 is 1. The van der Waals surface area contributed by atoms with E-state index in [4.69, 9.17) is 32.7 Å². The van der Waals surface area contributed by atoms with Gasteiger partial charge in [0.1, 0.15) is 5.60 Å². The maximum absolute atomic E-state index is 13.4. The molecule has 5 rings (SSSR count). The van der Waals surface area contributed by atoms with Crippen molar-refractivity contribution in [1.82, 2.24) is 24.4 Å². The van der Waals surface area contributed by atoms with E-state index in [1.54, 1.807) is 59.1 Å². The third kappa shape index (κ3) is 6.21. The lowest BCUT2D eigenvalue weighted by Gasteiger charge is -2.29. The predicted octanol–water partition coefficient (Wildman–Crippen LogP) is 5.90. The number of hydrogen-bond donors (Lipinski definition) is 2. The average Bonchev–Trinajstić information content (AvgIpc) is 3.33. The van der Waals surface area contributed by atoms with E-state index < -0.39 is 17.6 Å². The monoisotopic (exact) mass is 638 g/mol. The van der Waals surface area contributed by atoms with Crippen molar-refractivity contribution in [2.45, 2.75) is 45.9 Å². The molecule has 0 aliphatic carbocycles. The Balaban J connectivity index is 1.40. The quantitative estimate of drug-likeness (QED) is 0.267. The molecule has 230 valence electrons. The number of halogens is 2. The summed E-state index contributed by atoms with van der Waals surface area (Å²) in [7, 11) is 3.25. The van der Waals surface area contributed by atoms with Crippen molar-refractivity contribution in [2.75, 3.05) is 19.0 Å². The maximum atomic E-state index is 13.4. The number of fused-ring (bicyclic) bond motifs is 1. The summed E-state index contributed by atoms with van der Waals surface area (Å²) < 4.78 is 12.5. The van der Waals surface area contributed by atoms with Gasteiger partial charge in [-0.3, -0.25) is 9.78 Å². The number of nitrogens with zero attached hydrogens (tertiary/aromatic N) is 5. The van der Waals surface area contributed by atoms with Gasteiger partial charge in [-0.1, -0.05) is 35.3 Å². The van der Waals surface area contributed by atoms with Crippen LogP contribution in [0.2, 0.25) is 10.0 Å². The van der Waals surface area contributed by atoms with E-state index in [2.05, 4.69) is 20.3 Å². The summed E-state index contributed by atoms with van der Waals surface area (Å²) in [6, 6.07) is 10.3. The molecule has 2 N–H and O–H groups in total. The lowest BCUT2D eigenvalue weighted by atomic mass is 10.1. The SMILES string of the molecule is COc1nc(-c2ccnc(-c3cccc(NC(=O)c4nc5c(n4C)CCN(C(=O)OC(C)(C)C)C5)c3Cl)c2Cl)ccc1CO. The molecule has 0 radical (unpaired) electrons. The summed E-state index contributed by atoms with van der Waals surface area (Å²) >= 11 is 13.7. The smallest absolute Gasteiger partial charge is 0.410 e. The van der Waals surface area contributed by atoms with Crippen LogP contribution in [0, 0.1) is 0 Å². The third-order valence-electron chi connectivity index (χ3n) is 7.08. The average molecular weight is 640 g/mol. The number of hydrogen-bond acceptors (Lipinski definition) is 8. The number of aromatic nitrogens is 4. The molecule has 44 heavy (non-hydrogen) atoms. The van der Waals surface area contributed by atoms with Crippen LogP contribution >= 0.6 is 23.2 Å². The molecule has 0 bridgehead atoms. The molecule has 1 aromatic carbocycles. The molecule has 0 saturated heterocycles. The summed E-state index contributed by atoms with van der Waals surface area (Å²) in [6.45, 7) is 5.93. The first-order valence-electron chi connectivity index (χ1n) is 13.8. The van der Waals surface area contributed by atoms with Gasteiger partial charge in [-0.2, -0.15) is 0 Å². The van der Waals surface area contributed by atoms with E-state index in [9.17, 15) is 14.7 Å². The minimum absolute atomic E-state index is 0.187. The number of nitrogens with one attached hydrogen (secondary N) is 1. The standard InChI is InChI=1S/C31H32Cl2N6O5/c1-31(2,3)44-30(42)39-14-12-23-22(15-39)35-27(38(23)4)28(41)36-21-8-6-7-19(24(21)32)26-25(33)18(11-13-34-26)20-10-9-17(16-40)29(37-20)43-5/h6-11,13,40H,12,14-16H2,1-5H3,(H,36,41). The molecule has 0 unspecified atom stereocenters. The van der Waals surface area contributed by atoms with E-state index in [1.807, 2.05) is 20.8 Å². The highest BCUT2D eigenvalue weighted by molar-refractivity contribution is 6.39. The number of carbonyl (C=O) groups is 2. The number of rotatable bonds is 6. The topological polar surface area (TPSA) is 132 Å². The number of amides is 2. The van der Waals surface area contributed by atoms with Gasteiger partial charge >= 0.3 is 6.09 Å². The van der Waals surface area contributed by atoms with E-state index in [0.717, 1.165) is 5.69 Å². The summed E-state index contributed by atoms with van der Waals surface area (Å²) in [6.07, 6.45) is 1.70. The van der Waals surface area contributed by atoms with Crippen LogP contribution in [0.3, 0.4) is 0 Å². The van der Waals surface area contributed by atoms with Crippen molar-refractivity contribution in [2.24, 2.45) is 7.05 Å². The molecule has 0 atom stereocenters. The van der Waals surface area contributed by atoms with Crippen molar-refractivity contribution in [3.05, 3.63) is 75.4 Å². The van der Waals surface area contributed by atoms with Crippen molar-refractivity contribution in [3.8, 4) is 28.4 Å². The molecule has 3 aromatic heterocycles. The predicted molar refractivity (Wildman–Crippen MR) is 167 cm³/mol. The molecule has 1 aliphatic heterocycles. The molecule has 4 heterocycles. The summed E-state index contributed by atoms with van der Waals surface area (Å²) in [5.41, 5.74) is 3.80. The first-order chi connectivity index (χ1) is 20.9. The van der Waals surface area contributed by atoms with Gasteiger partial charge in [0, 0.05) is 48.6 Å². The number of pyridine rings is 2. The summed E-state index contributed by atoms with van der Waals surface area (Å²) in [4.78, 5) is 41.1. The lowest BCUT2D eigenvalue weighted by molar-refractivity contribution is 0.0220. The second kappa shape index (κ2) is 12.4. The first kappa shape index (κ1) is 31.2. The van der Waals surface area contributed by atoms with Crippen molar-refractivity contribution >= 4 is 40.9 Å². The Labute approximate surface area is 264 Å². The zero-order valence-electron chi connectivity index (χ0n) is 24.9. The number of aliphatic hydroxyl groups excluding tert-OH is 1. The van der Waals surface area contributed by atoms with Gasteiger partial charge < -0.3 is 29.4 Å². The highest BCUT2D eigenvalue weighted by Gasteiger charge is 2.30. The summed E-state index contributed by atoms with van der Waals surface area (Å²) in [5.74, 6) is 0.0144. The van der Waals surface area contributed by atoms with Crippen LogP contribution in [0.15, 0.2) is 42.6 Å². The molecular weight excluding hydrogens is 607 g/mol. The molecule has 4 aromatic rings. The Morgan fingerprint density at radius 2 is 1.84 bits per heavy atom. The number of aliphatic hydroxyl groups is 1. The first-order valence-corrected chi connectivity index (χ1v) is 14.6. The minimum atomic E-state index is -0.613. The van der Waals surface area contributed by atoms with E-state index in [-0.39, 0.29) is 29.9 Å². The van der Waals surface area contributed by atoms with Crippen molar-refractivity contribution in [1.29, 1.82) is 0 Å². The van der Waals surface area contributed by atoms with E-state index >= 15 is 0 Å². The molecule has 0 saturated carbocycles. The Kier molecular flexibility index (Phi) is 8.83. The van der Waals surface area contributed by atoms with E-state index in [1.165, 1.54) is 7.11 Å². The number of ether oxygens (including phenoxy) is 2. The van der Waals surface area contributed by atoms with Gasteiger partial charge in [0.2, 0.25) is 5.88 Å². The highest BCUT2D eigenvalue weighted by atomic mass is 35.5. The van der Waals surface area contributed by atoms with E-state index in [0.29, 0.717) is 57.4 Å². The van der Waals surface area contributed by atoms with Gasteiger partial charge in [-0.15, -0.1) is 0 Å². The normalized spacial score (nSPS) is 13.0. The fourth-order valence-electron chi connectivity index (χ4n) is 4.95. The number of benzene rings is 1. The van der Waals surface area contributed by atoms with Crippen molar-refractivity contribution < 1.29 is 24.2 Å². The Hall–Kier alpha value is -4.19. The van der Waals surface area contributed by atoms with Gasteiger partial charge in [0.25, 0.3) is 5.91 Å². The van der Waals surface area contributed by atoms with Gasteiger partial charge in [-0.25, -0.2) is 14.8 Å². The van der Waals surface area contributed by atoms with Crippen LogP contribution in [0.4, 0.5) is 10.5 Å². The minimum Gasteiger partial charge on any atom is -0.481 e. The molecule has 1 aliphatic rings.